The van der Waals surface area contributed by atoms with Crippen LogP contribution in [0.4, 0.5) is 22.0 Å². The van der Waals surface area contributed by atoms with Crippen LogP contribution in [-0.4, -0.2) is 37.4 Å². The number of alkyl halides is 5. The summed E-state index contributed by atoms with van der Waals surface area (Å²) in [6.07, 6.45) is -5.54. The van der Waals surface area contributed by atoms with Gasteiger partial charge in [-0.1, -0.05) is 0 Å². The molecule has 1 N–H and O–H groups in total. The quantitative estimate of drug-likeness (QED) is 0.727. The fourth-order valence-electron chi connectivity index (χ4n) is 0.926. The Hall–Kier alpha value is -0.430. The monoisotopic (exact) mass is 219 g/mol. The van der Waals surface area contributed by atoms with E-state index >= 15 is 0 Å². The SMILES string of the molecule is CC1(OCC(F)(F)C(F)(F)F)CNC1. The molecule has 0 atom stereocenters. The second kappa shape index (κ2) is 3.30. The Balaban J connectivity index is 2.44. The number of ether oxygens (including phenoxy) is 1. The maximum Gasteiger partial charge on any atom is 0.455 e. The highest BCUT2D eigenvalue weighted by molar-refractivity contribution is 4.91. The summed E-state index contributed by atoms with van der Waals surface area (Å²) in [6, 6.07) is 0. The third-order valence-corrected chi connectivity index (χ3v) is 2.01. The number of rotatable bonds is 3. The summed E-state index contributed by atoms with van der Waals surface area (Å²) in [5.41, 5.74) is -0.894. The van der Waals surface area contributed by atoms with Crippen molar-refractivity contribution < 1.29 is 26.7 Å². The normalized spacial score (nSPS) is 21.9. The van der Waals surface area contributed by atoms with E-state index in [2.05, 4.69) is 10.1 Å². The zero-order chi connectivity index (χ0) is 11.0. The van der Waals surface area contributed by atoms with Crippen LogP contribution in [0.1, 0.15) is 6.92 Å². The molecular formula is C7H10F5NO. The smallest absolute Gasteiger partial charge is 0.366 e. The molecule has 7 heteroatoms. The van der Waals surface area contributed by atoms with Crippen molar-refractivity contribution in [3.63, 3.8) is 0 Å². The number of halogens is 5. The van der Waals surface area contributed by atoms with E-state index < -0.39 is 24.3 Å². The molecule has 1 saturated heterocycles. The molecule has 0 bridgehead atoms. The molecule has 1 heterocycles. The summed E-state index contributed by atoms with van der Waals surface area (Å²) in [5.74, 6) is -4.77. The van der Waals surface area contributed by atoms with Gasteiger partial charge in [-0.25, -0.2) is 0 Å². The molecule has 14 heavy (non-hydrogen) atoms. The lowest BCUT2D eigenvalue weighted by Crippen LogP contribution is -2.60. The van der Waals surface area contributed by atoms with E-state index in [0.29, 0.717) is 13.1 Å². The lowest BCUT2D eigenvalue weighted by Gasteiger charge is -2.40. The number of hydrogen-bond acceptors (Lipinski definition) is 2. The summed E-state index contributed by atoms with van der Waals surface area (Å²) in [7, 11) is 0. The van der Waals surface area contributed by atoms with E-state index in [1.807, 2.05) is 0 Å². The highest BCUT2D eigenvalue weighted by atomic mass is 19.4. The fourth-order valence-corrected chi connectivity index (χ4v) is 0.926. The first kappa shape index (κ1) is 11.6. The van der Waals surface area contributed by atoms with Crippen LogP contribution in [0.15, 0.2) is 0 Å². The van der Waals surface area contributed by atoms with Gasteiger partial charge in [0.25, 0.3) is 0 Å². The third-order valence-electron chi connectivity index (χ3n) is 2.01. The van der Waals surface area contributed by atoms with Crippen LogP contribution >= 0.6 is 0 Å². The zero-order valence-corrected chi connectivity index (χ0v) is 7.42. The average Bonchev–Trinajstić information content (AvgIpc) is 1.95. The lowest BCUT2D eigenvalue weighted by atomic mass is 10.00. The highest BCUT2D eigenvalue weighted by Crippen LogP contribution is 2.36. The number of hydrogen-bond donors (Lipinski definition) is 1. The summed E-state index contributed by atoms with van der Waals surface area (Å²) >= 11 is 0. The van der Waals surface area contributed by atoms with Crippen molar-refractivity contribution in [2.24, 2.45) is 0 Å². The third kappa shape index (κ3) is 2.33. The van der Waals surface area contributed by atoms with Gasteiger partial charge in [-0.15, -0.1) is 0 Å². The Morgan fingerprint density at radius 2 is 1.71 bits per heavy atom. The minimum Gasteiger partial charge on any atom is -0.366 e. The van der Waals surface area contributed by atoms with E-state index in [1.165, 1.54) is 6.92 Å². The first-order valence-corrected chi connectivity index (χ1v) is 3.96. The van der Waals surface area contributed by atoms with Gasteiger partial charge < -0.3 is 10.1 Å². The standard InChI is InChI=1S/C7H10F5NO/c1-5(2-13-3-5)14-4-6(8,9)7(10,11)12/h13H,2-4H2,1H3. The van der Waals surface area contributed by atoms with Crippen LogP contribution in [0.25, 0.3) is 0 Å². The second-order valence-corrected chi connectivity index (χ2v) is 3.54. The van der Waals surface area contributed by atoms with Crippen LogP contribution in [0.5, 0.6) is 0 Å². The maximum atomic E-state index is 12.4. The van der Waals surface area contributed by atoms with Gasteiger partial charge in [0.1, 0.15) is 6.61 Å². The molecule has 0 radical (unpaired) electrons. The van der Waals surface area contributed by atoms with Crippen molar-refractivity contribution in [3.05, 3.63) is 0 Å². The molecule has 0 aromatic carbocycles. The predicted molar refractivity (Wildman–Crippen MR) is 38.2 cm³/mol. The molecule has 1 aliphatic rings. The fraction of sp³-hybridized carbons (Fsp3) is 1.00. The molecule has 1 fully saturated rings. The van der Waals surface area contributed by atoms with Crippen LogP contribution in [0.2, 0.25) is 0 Å². The topological polar surface area (TPSA) is 21.3 Å². The molecule has 0 aromatic heterocycles. The largest absolute Gasteiger partial charge is 0.455 e. The highest BCUT2D eigenvalue weighted by Gasteiger charge is 2.58. The maximum absolute atomic E-state index is 12.4. The van der Waals surface area contributed by atoms with Crippen molar-refractivity contribution in [1.82, 2.24) is 5.32 Å². The van der Waals surface area contributed by atoms with Gasteiger partial charge in [-0.3, -0.25) is 0 Å². The van der Waals surface area contributed by atoms with Gasteiger partial charge in [0.15, 0.2) is 0 Å². The molecule has 0 amide bonds. The lowest BCUT2D eigenvalue weighted by molar-refractivity contribution is -0.306. The second-order valence-electron chi connectivity index (χ2n) is 3.54. The summed E-state index contributed by atoms with van der Waals surface area (Å²) in [4.78, 5) is 0. The molecule has 0 saturated carbocycles. The molecule has 0 aromatic rings. The van der Waals surface area contributed by atoms with Crippen molar-refractivity contribution >= 4 is 0 Å². The first-order chi connectivity index (χ1) is 6.16. The van der Waals surface area contributed by atoms with Gasteiger partial charge in [0.05, 0.1) is 5.60 Å². The summed E-state index contributed by atoms with van der Waals surface area (Å²) in [5, 5.41) is 2.73. The predicted octanol–water partition coefficient (Wildman–Crippen LogP) is 1.56. The Morgan fingerprint density at radius 3 is 2.00 bits per heavy atom. The van der Waals surface area contributed by atoms with E-state index in [0.717, 1.165) is 0 Å². The molecular weight excluding hydrogens is 209 g/mol. The summed E-state index contributed by atoms with van der Waals surface area (Å²) in [6.45, 7) is 0.451. The Bertz CT molecular complexity index is 211. The van der Waals surface area contributed by atoms with Crippen molar-refractivity contribution in [2.75, 3.05) is 19.7 Å². The van der Waals surface area contributed by atoms with Crippen LogP contribution < -0.4 is 5.32 Å². The van der Waals surface area contributed by atoms with Gasteiger partial charge >= 0.3 is 12.1 Å². The van der Waals surface area contributed by atoms with Gasteiger partial charge in [-0.05, 0) is 6.92 Å². The van der Waals surface area contributed by atoms with Gasteiger partial charge in [0.2, 0.25) is 0 Å². The molecule has 2 nitrogen and oxygen atoms in total. The van der Waals surface area contributed by atoms with Crippen LogP contribution in [-0.2, 0) is 4.74 Å². The minimum atomic E-state index is -5.54. The minimum absolute atomic E-state index is 0.293. The molecule has 0 aliphatic carbocycles. The van der Waals surface area contributed by atoms with Gasteiger partial charge in [0, 0.05) is 13.1 Å². The Morgan fingerprint density at radius 1 is 1.21 bits per heavy atom. The Kier molecular flexibility index (Phi) is 2.75. The van der Waals surface area contributed by atoms with E-state index in [-0.39, 0.29) is 0 Å². The average molecular weight is 219 g/mol. The molecule has 1 rings (SSSR count). The van der Waals surface area contributed by atoms with E-state index in [4.69, 9.17) is 0 Å². The van der Waals surface area contributed by atoms with E-state index in [1.54, 1.807) is 0 Å². The number of nitrogens with one attached hydrogen (secondary N) is 1. The van der Waals surface area contributed by atoms with Crippen LogP contribution in [0, 0.1) is 0 Å². The molecule has 1 aliphatic heterocycles. The first-order valence-electron chi connectivity index (χ1n) is 3.96. The van der Waals surface area contributed by atoms with Crippen molar-refractivity contribution in [1.29, 1.82) is 0 Å². The molecule has 84 valence electrons. The molecule has 0 spiro atoms. The van der Waals surface area contributed by atoms with Crippen molar-refractivity contribution in [2.45, 2.75) is 24.6 Å². The Labute approximate surface area is 77.4 Å². The van der Waals surface area contributed by atoms with Gasteiger partial charge in [-0.2, -0.15) is 22.0 Å². The van der Waals surface area contributed by atoms with Crippen LogP contribution in [0.3, 0.4) is 0 Å². The van der Waals surface area contributed by atoms with Crippen molar-refractivity contribution in [3.8, 4) is 0 Å². The van der Waals surface area contributed by atoms with E-state index in [9.17, 15) is 22.0 Å². The molecule has 0 unspecified atom stereocenters. The summed E-state index contributed by atoms with van der Waals surface area (Å²) < 4.78 is 64.3. The zero-order valence-electron chi connectivity index (χ0n) is 7.42.